The van der Waals surface area contributed by atoms with Crippen LogP contribution in [-0.4, -0.2) is 74.3 Å². The van der Waals surface area contributed by atoms with Crippen LogP contribution in [0.3, 0.4) is 0 Å². The number of hydrogen-bond acceptors (Lipinski definition) is 6. The van der Waals surface area contributed by atoms with E-state index in [4.69, 9.17) is 9.47 Å². The summed E-state index contributed by atoms with van der Waals surface area (Å²) < 4.78 is 40.9. The Bertz CT molecular complexity index is 1240. The molecule has 1 spiro atoms. The van der Waals surface area contributed by atoms with Gasteiger partial charge in [-0.05, 0) is 56.5 Å². The monoisotopic (exact) mass is 484 g/mol. The van der Waals surface area contributed by atoms with E-state index in [0.29, 0.717) is 24.3 Å². The van der Waals surface area contributed by atoms with E-state index in [0.717, 1.165) is 30.5 Å². The van der Waals surface area contributed by atoms with Crippen LogP contribution < -0.4 is 9.47 Å². The first-order valence-corrected chi connectivity index (χ1v) is 13.6. The minimum Gasteiger partial charge on any atom is -0.493 e. The third-order valence-electron chi connectivity index (χ3n) is 9.00. The molecule has 34 heavy (non-hydrogen) atoms. The minimum absolute atomic E-state index is 0.0219. The lowest BCUT2D eigenvalue weighted by molar-refractivity contribution is -0.191. The maximum absolute atomic E-state index is 13.5. The zero-order chi connectivity index (χ0) is 23.9. The van der Waals surface area contributed by atoms with Gasteiger partial charge in [-0.2, -0.15) is 4.31 Å². The summed E-state index contributed by atoms with van der Waals surface area (Å²) in [5, 5.41) is 12.4. The number of likely N-dealkylation sites (N-methyl/N-ethyl adjacent to an activating group) is 2. The number of piperidine rings is 1. The predicted octanol–water partition coefficient (Wildman–Crippen LogP) is 2.31. The number of methoxy groups -OCH3 is 1. The molecule has 2 aliphatic carbocycles. The van der Waals surface area contributed by atoms with Gasteiger partial charge in [-0.1, -0.05) is 36.4 Å². The van der Waals surface area contributed by atoms with Crippen LogP contribution in [0.4, 0.5) is 0 Å². The van der Waals surface area contributed by atoms with Crippen molar-refractivity contribution in [2.24, 2.45) is 0 Å². The van der Waals surface area contributed by atoms with Gasteiger partial charge in [0.25, 0.3) is 0 Å². The van der Waals surface area contributed by atoms with Gasteiger partial charge in [0.1, 0.15) is 6.10 Å². The Morgan fingerprint density at radius 3 is 2.71 bits per heavy atom. The SMILES string of the molecule is COc1ccc2c3c1OC1C(N(C)S(=O)(=O)Cc4ccccc4)CC[C@@]4(O)[C@@H](C2)N(C)CC[C@]314. The van der Waals surface area contributed by atoms with Crippen molar-refractivity contribution in [3.63, 3.8) is 0 Å². The van der Waals surface area contributed by atoms with E-state index < -0.39 is 27.1 Å². The molecular weight excluding hydrogens is 452 g/mol. The summed E-state index contributed by atoms with van der Waals surface area (Å²) in [6, 6.07) is 12.9. The van der Waals surface area contributed by atoms with E-state index in [2.05, 4.69) is 18.0 Å². The fourth-order valence-corrected chi connectivity index (χ4v) is 8.79. The van der Waals surface area contributed by atoms with Crippen molar-refractivity contribution in [3.8, 4) is 11.5 Å². The van der Waals surface area contributed by atoms with Crippen molar-refractivity contribution in [3.05, 3.63) is 59.2 Å². The molecule has 2 aromatic rings. The first-order valence-electron chi connectivity index (χ1n) is 12.0. The minimum atomic E-state index is -3.60. The van der Waals surface area contributed by atoms with E-state index in [9.17, 15) is 13.5 Å². The van der Waals surface area contributed by atoms with Gasteiger partial charge in [0.05, 0.1) is 29.9 Å². The lowest BCUT2D eigenvalue weighted by Crippen LogP contribution is -2.77. The second-order valence-corrected chi connectivity index (χ2v) is 12.4. The molecule has 0 amide bonds. The fraction of sp³-hybridized carbons (Fsp3) is 0.538. The van der Waals surface area contributed by atoms with Crippen LogP contribution in [0, 0.1) is 0 Å². The molecule has 0 radical (unpaired) electrons. The van der Waals surface area contributed by atoms with Gasteiger partial charge >= 0.3 is 0 Å². The average molecular weight is 485 g/mol. The van der Waals surface area contributed by atoms with Crippen molar-refractivity contribution in [1.29, 1.82) is 0 Å². The van der Waals surface area contributed by atoms with Gasteiger partial charge in [-0.15, -0.1) is 0 Å². The Labute approximate surface area is 201 Å². The van der Waals surface area contributed by atoms with Crippen molar-refractivity contribution in [1.82, 2.24) is 9.21 Å². The molecule has 0 aromatic heterocycles. The topological polar surface area (TPSA) is 79.3 Å². The smallest absolute Gasteiger partial charge is 0.218 e. The summed E-state index contributed by atoms with van der Waals surface area (Å²) in [7, 11) is 1.78. The van der Waals surface area contributed by atoms with E-state index in [1.807, 2.05) is 36.4 Å². The Hall–Kier alpha value is -2.13. The number of sulfonamides is 1. The highest BCUT2D eigenvalue weighted by Gasteiger charge is 2.73. The number of nitrogens with zero attached hydrogens (tertiary/aromatic N) is 2. The highest BCUT2D eigenvalue weighted by Crippen LogP contribution is 2.65. The summed E-state index contributed by atoms with van der Waals surface area (Å²) in [5.74, 6) is 1.28. The van der Waals surface area contributed by atoms with Crippen LogP contribution in [-0.2, 0) is 27.6 Å². The van der Waals surface area contributed by atoms with Crippen LogP contribution >= 0.6 is 0 Å². The van der Waals surface area contributed by atoms with Gasteiger partial charge in [0, 0.05) is 18.7 Å². The van der Waals surface area contributed by atoms with Gasteiger partial charge in [0.15, 0.2) is 11.5 Å². The standard InChI is InChI=1S/C26H32N2O5S/c1-27-14-13-25-22-18-9-10-20(32-3)23(22)33-24(25)19(11-12-26(25,29)21(27)15-18)28(2)34(30,31)16-17-7-5-4-6-8-17/h4-10,19,21,24,29H,11-16H2,1-3H3/t19?,21-,24?,25+,26-/m1/s1. The van der Waals surface area contributed by atoms with Crippen molar-refractivity contribution in [2.75, 3.05) is 27.7 Å². The number of ether oxygens (including phenoxy) is 2. The largest absolute Gasteiger partial charge is 0.493 e. The Balaban J connectivity index is 1.46. The maximum atomic E-state index is 13.5. The molecule has 5 atom stereocenters. The summed E-state index contributed by atoms with van der Waals surface area (Å²) in [5.41, 5.74) is 1.35. The number of rotatable bonds is 5. The highest BCUT2D eigenvalue weighted by molar-refractivity contribution is 7.88. The number of aliphatic hydroxyl groups is 1. The van der Waals surface area contributed by atoms with Crippen LogP contribution in [0.2, 0.25) is 0 Å². The number of benzene rings is 2. The van der Waals surface area contributed by atoms with Crippen molar-refractivity contribution >= 4 is 10.0 Å². The molecule has 1 N–H and O–H groups in total. The second kappa shape index (κ2) is 7.43. The molecule has 2 unspecified atom stereocenters. The van der Waals surface area contributed by atoms with Crippen LogP contribution in [0.25, 0.3) is 0 Å². The summed E-state index contributed by atoms with van der Waals surface area (Å²) >= 11 is 0. The summed E-state index contributed by atoms with van der Waals surface area (Å²) in [6.07, 6.45) is 2.09. The molecule has 2 fully saturated rings. The van der Waals surface area contributed by atoms with Gasteiger partial charge in [-0.3, -0.25) is 0 Å². The zero-order valence-electron chi connectivity index (χ0n) is 19.9. The molecule has 2 aliphatic heterocycles. The Morgan fingerprint density at radius 1 is 1.21 bits per heavy atom. The number of likely N-dealkylation sites (tertiary alicyclic amines) is 1. The molecule has 1 saturated heterocycles. The third-order valence-corrected chi connectivity index (χ3v) is 10.8. The van der Waals surface area contributed by atoms with Crippen molar-refractivity contribution < 1.29 is 23.0 Å². The number of hydrogen-bond donors (Lipinski definition) is 1. The molecule has 1 saturated carbocycles. The molecule has 8 heteroatoms. The maximum Gasteiger partial charge on any atom is 0.218 e. The van der Waals surface area contributed by atoms with E-state index in [1.165, 1.54) is 9.87 Å². The quantitative estimate of drug-likeness (QED) is 0.702. The lowest BCUT2D eigenvalue weighted by atomic mass is 9.48. The van der Waals surface area contributed by atoms with E-state index in [1.54, 1.807) is 14.2 Å². The third kappa shape index (κ3) is 2.77. The molecular formula is C26H32N2O5S. The molecule has 2 heterocycles. The van der Waals surface area contributed by atoms with E-state index >= 15 is 0 Å². The normalized spacial score (nSPS) is 34.0. The Morgan fingerprint density at radius 2 is 1.97 bits per heavy atom. The highest BCUT2D eigenvalue weighted by atomic mass is 32.2. The lowest BCUT2D eigenvalue weighted by Gasteiger charge is -2.64. The predicted molar refractivity (Wildman–Crippen MR) is 129 cm³/mol. The van der Waals surface area contributed by atoms with Gasteiger partial charge in [0.2, 0.25) is 10.0 Å². The first kappa shape index (κ1) is 22.3. The first-order chi connectivity index (χ1) is 16.2. The average Bonchev–Trinajstić information content (AvgIpc) is 3.17. The van der Waals surface area contributed by atoms with E-state index in [-0.39, 0.29) is 17.8 Å². The molecule has 4 aliphatic rings. The zero-order valence-corrected chi connectivity index (χ0v) is 20.7. The molecule has 2 aromatic carbocycles. The Kier molecular flexibility index (Phi) is 4.88. The summed E-state index contributed by atoms with van der Waals surface area (Å²) in [4.78, 5) is 2.27. The van der Waals surface area contributed by atoms with Crippen LogP contribution in [0.5, 0.6) is 11.5 Å². The fourth-order valence-electron chi connectivity index (χ4n) is 7.34. The molecule has 182 valence electrons. The molecule has 7 nitrogen and oxygen atoms in total. The molecule has 2 bridgehead atoms. The van der Waals surface area contributed by atoms with Crippen LogP contribution in [0.15, 0.2) is 42.5 Å². The van der Waals surface area contributed by atoms with Crippen LogP contribution in [0.1, 0.15) is 36.0 Å². The summed E-state index contributed by atoms with van der Waals surface area (Å²) in [6.45, 7) is 0.829. The van der Waals surface area contributed by atoms with Gasteiger partial charge < -0.3 is 19.5 Å². The second-order valence-electron chi connectivity index (χ2n) is 10.4. The van der Waals surface area contributed by atoms with Crippen molar-refractivity contribution in [2.45, 2.75) is 60.6 Å². The molecule has 6 rings (SSSR count). The van der Waals surface area contributed by atoms with Gasteiger partial charge in [-0.25, -0.2) is 8.42 Å².